The van der Waals surface area contributed by atoms with Gasteiger partial charge in [0.15, 0.2) is 0 Å². The van der Waals surface area contributed by atoms with Gasteiger partial charge >= 0.3 is 0 Å². The van der Waals surface area contributed by atoms with Crippen molar-refractivity contribution in [1.82, 2.24) is 10.6 Å². The van der Waals surface area contributed by atoms with E-state index in [2.05, 4.69) is 10.6 Å². The van der Waals surface area contributed by atoms with E-state index in [1.165, 1.54) is 0 Å². The second kappa shape index (κ2) is 8.71. The Morgan fingerprint density at radius 2 is 1.71 bits per heavy atom. The molecule has 2 aromatic carbocycles. The molecule has 2 amide bonds. The van der Waals surface area contributed by atoms with Crippen molar-refractivity contribution in [3.05, 3.63) is 72.0 Å². The third kappa shape index (κ3) is 4.58. The first kappa shape index (κ1) is 19.6. The van der Waals surface area contributed by atoms with Gasteiger partial charge in [-0.25, -0.2) is 0 Å². The molecule has 6 nitrogen and oxygen atoms in total. The van der Waals surface area contributed by atoms with Crippen LogP contribution in [-0.2, 0) is 9.59 Å². The second-order valence-electron chi connectivity index (χ2n) is 7.09. The smallest absolute Gasteiger partial charge is 0.240 e. The summed E-state index contributed by atoms with van der Waals surface area (Å²) >= 11 is 0. The average molecular weight is 379 g/mol. The van der Waals surface area contributed by atoms with Gasteiger partial charge < -0.3 is 20.8 Å². The first-order valence-corrected chi connectivity index (χ1v) is 9.32. The summed E-state index contributed by atoms with van der Waals surface area (Å²) in [5.74, 6) is -0.0367. The Morgan fingerprint density at radius 1 is 1.04 bits per heavy atom. The molecule has 4 N–H and O–H groups in total. The van der Waals surface area contributed by atoms with E-state index >= 15 is 0 Å². The number of fused-ring (bicyclic) bond motifs is 1. The zero-order valence-electron chi connectivity index (χ0n) is 16.0. The molecule has 28 heavy (non-hydrogen) atoms. The fraction of sp³-hybridized carbons (Fsp3) is 0.273. The normalized spacial score (nSPS) is 13.3. The third-order valence-corrected chi connectivity index (χ3v) is 4.61. The maximum Gasteiger partial charge on any atom is 0.240 e. The molecule has 1 aromatic heterocycles. The van der Waals surface area contributed by atoms with Crippen LogP contribution in [0.4, 0.5) is 0 Å². The lowest BCUT2D eigenvalue weighted by molar-refractivity contribution is -0.127. The molecular weight excluding hydrogens is 354 g/mol. The Kier molecular flexibility index (Phi) is 6.11. The Balaban J connectivity index is 1.77. The largest absolute Gasteiger partial charge is 0.459 e. The van der Waals surface area contributed by atoms with E-state index in [0.717, 1.165) is 16.5 Å². The first-order chi connectivity index (χ1) is 13.5. The maximum atomic E-state index is 12.5. The number of benzene rings is 2. The van der Waals surface area contributed by atoms with Crippen LogP contribution in [0.15, 0.2) is 65.1 Å². The van der Waals surface area contributed by atoms with Crippen LogP contribution in [-0.4, -0.2) is 24.4 Å². The number of amides is 2. The standard InChI is InChI=1S/C22H25N3O3/c1-14(2)20(23)22(27)24-13-19(26)25-21(15-8-4-3-5-9-15)18-12-16-10-6-7-11-17(16)28-18/h3-12,14,20-21H,13,23H2,1-2H3,(H,24,27)(H,25,26)/t20-,21?/m0/s1. The number of para-hydroxylation sites is 1. The van der Waals surface area contributed by atoms with Crippen molar-refractivity contribution in [3.8, 4) is 0 Å². The lowest BCUT2D eigenvalue weighted by atomic mass is 10.0. The molecule has 0 radical (unpaired) electrons. The number of rotatable bonds is 7. The summed E-state index contributed by atoms with van der Waals surface area (Å²) in [4.78, 5) is 24.5. The molecule has 3 rings (SSSR count). The molecule has 0 saturated carbocycles. The summed E-state index contributed by atoms with van der Waals surface area (Å²) < 4.78 is 5.96. The Morgan fingerprint density at radius 3 is 2.39 bits per heavy atom. The summed E-state index contributed by atoms with van der Waals surface area (Å²) in [7, 11) is 0. The molecule has 0 saturated heterocycles. The Labute approximate surface area is 164 Å². The van der Waals surface area contributed by atoms with Gasteiger partial charge in [-0.3, -0.25) is 9.59 Å². The van der Waals surface area contributed by atoms with E-state index in [4.69, 9.17) is 10.2 Å². The Hall–Kier alpha value is -3.12. The molecule has 3 aromatic rings. The fourth-order valence-electron chi connectivity index (χ4n) is 2.91. The Bertz CT molecular complexity index is 917. The number of carbonyl (C=O) groups excluding carboxylic acids is 2. The fourth-order valence-corrected chi connectivity index (χ4v) is 2.91. The average Bonchev–Trinajstić information content (AvgIpc) is 3.14. The number of nitrogens with two attached hydrogens (primary N) is 1. The van der Waals surface area contributed by atoms with Gasteiger partial charge in [-0.05, 0) is 23.6 Å². The minimum atomic E-state index is -0.645. The number of furan rings is 1. The highest BCUT2D eigenvalue weighted by atomic mass is 16.3. The van der Waals surface area contributed by atoms with E-state index in [0.29, 0.717) is 5.76 Å². The van der Waals surface area contributed by atoms with Gasteiger partial charge in [0.2, 0.25) is 11.8 Å². The highest BCUT2D eigenvalue weighted by molar-refractivity contribution is 5.87. The van der Waals surface area contributed by atoms with E-state index in [-0.39, 0.29) is 24.3 Å². The van der Waals surface area contributed by atoms with Gasteiger partial charge in [-0.2, -0.15) is 0 Å². The SMILES string of the molecule is CC(C)[C@H](N)C(=O)NCC(=O)NC(c1ccccc1)c1cc2ccccc2o1. The quantitative estimate of drug-likeness (QED) is 0.588. The number of hydrogen-bond donors (Lipinski definition) is 3. The monoisotopic (exact) mass is 379 g/mol. The molecule has 0 aliphatic heterocycles. The molecule has 146 valence electrons. The van der Waals surface area contributed by atoms with Crippen LogP contribution in [0.2, 0.25) is 0 Å². The molecule has 0 aliphatic carbocycles. The van der Waals surface area contributed by atoms with Crippen LogP contribution >= 0.6 is 0 Å². The van der Waals surface area contributed by atoms with Crippen molar-refractivity contribution in [3.63, 3.8) is 0 Å². The van der Waals surface area contributed by atoms with Crippen molar-refractivity contribution in [1.29, 1.82) is 0 Å². The minimum absolute atomic E-state index is 0.00400. The topological polar surface area (TPSA) is 97.4 Å². The van der Waals surface area contributed by atoms with Crippen LogP contribution in [0, 0.1) is 5.92 Å². The lowest BCUT2D eigenvalue weighted by Gasteiger charge is -2.19. The van der Waals surface area contributed by atoms with E-state index < -0.39 is 12.1 Å². The van der Waals surface area contributed by atoms with Gasteiger partial charge in [0.05, 0.1) is 12.6 Å². The number of nitrogens with one attached hydrogen (secondary N) is 2. The van der Waals surface area contributed by atoms with E-state index in [9.17, 15) is 9.59 Å². The highest BCUT2D eigenvalue weighted by Gasteiger charge is 2.22. The third-order valence-electron chi connectivity index (χ3n) is 4.61. The van der Waals surface area contributed by atoms with E-state index in [1.54, 1.807) is 0 Å². The van der Waals surface area contributed by atoms with Crippen molar-refractivity contribution in [2.45, 2.75) is 25.9 Å². The van der Waals surface area contributed by atoms with E-state index in [1.807, 2.05) is 74.5 Å². The molecule has 2 atom stereocenters. The predicted molar refractivity (Wildman–Crippen MR) is 108 cm³/mol. The van der Waals surface area contributed by atoms with Crippen molar-refractivity contribution in [2.24, 2.45) is 11.7 Å². The summed E-state index contributed by atoms with van der Waals surface area (Å²) in [5.41, 5.74) is 7.46. The maximum absolute atomic E-state index is 12.5. The van der Waals surface area contributed by atoms with Crippen molar-refractivity contribution >= 4 is 22.8 Å². The van der Waals surface area contributed by atoms with Crippen LogP contribution in [0.25, 0.3) is 11.0 Å². The molecule has 1 unspecified atom stereocenters. The van der Waals surface area contributed by atoms with Crippen LogP contribution in [0.3, 0.4) is 0 Å². The molecular formula is C22H25N3O3. The van der Waals surface area contributed by atoms with Gasteiger partial charge in [0, 0.05) is 5.39 Å². The highest BCUT2D eigenvalue weighted by Crippen LogP contribution is 2.28. The summed E-state index contributed by atoms with van der Waals surface area (Å²) in [5, 5.41) is 6.50. The molecule has 0 fully saturated rings. The molecule has 0 aliphatic rings. The van der Waals surface area contributed by atoms with Gasteiger partial charge in [0.1, 0.15) is 17.4 Å². The summed E-state index contributed by atoms with van der Waals surface area (Å²) in [6.45, 7) is 3.57. The lowest BCUT2D eigenvalue weighted by Crippen LogP contribution is -2.47. The van der Waals surface area contributed by atoms with Crippen LogP contribution in [0.1, 0.15) is 31.2 Å². The predicted octanol–water partition coefficient (Wildman–Crippen LogP) is 2.74. The minimum Gasteiger partial charge on any atom is -0.459 e. The summed E-state index contributed by atoms with van der Waals surface area (Å²) in [6, 6.07) is 18.1. The molecule has 6 heteroatoms. The van der Waals surface area contributed by atoms with Crippen LogP contribution < -0.4 is 16.4 Å². The van der Waals surface area contributed by atoms with Crippen molar-refractivity contribution < 1.29 is 14.0 Å². The zero-order chi connectivity index (χ0) is 20.1. The number of carbonyl (C=O) groups is 2. The van der Waals surface area contributed by atoms with Crippen LogP contribution in [0.5, 0.6) is 0 Å². The second-order valence-corrected chi connectivity index (χ2v) is 7.09. The van der Waals surface area contributed by atoms with Gasteiger partial charge in [-0.15, -0.1) is 0 Å². The van der Waals surface area contributed by atoms with Gasteiger partial charge in [0.25, 0.3) is 0 Å². The number of hydrogen-bond acceptors (Lipinski definition) is 4. The molecule has 0 spiro atoms. The molecule has 1 heterocycles. The zero-order valence-corrected chi connectivity index (χ0v) is 16.0. The first-order valence-electron chi connectivity index (χ1n) is 9.32. The van der Waals surface area contributed by atoms with Gasteiger partial charge in [-0.1, -0.05) is 62.4 Å². The summed E-state index contributed by atoms with van der Waals surface area (Å²) in [6.07, 6.45) is 0. The molecule has 0 bridgehead atoms. The van der Waals surface area contributed by atoms with Crippen molar-refractivity contribution in [2.75, 3.05) is 6.54 Å².